The molecule has 0 aromatic heterocycles. The van der Waals surface area contributed by atoms with Crippen molar-refractivity contribution in [2.45, 2.75) is 38.2 Å². The second kappa shape index (κ2) is 7.10. The van der Waals surface area contributed by atoms with Crippen LogP contribution in [0.15, 0.2) is 12.7 Å². The van der Waals surface area contributed by atoms with Crippen LogP contribution < -0.4 is 5.32 Å². The highest BCUT2D eigenvalue weighted by atomic mass is 16.5. The van der Waals surface area contributed by atoms with Gasteiger partial charge in [-0.25, -0.2) is 0 Å². The summed E-state index contributed by atoms with van der Waals surface area (Å²) >= 11 is 0. The molecular formula is C11H23NO. The second-order valence-corrected chi connectivity index (χ2v) is 3.62. The molecule has 1 unspecified atom stereocenters. The third-order valence-corrected chi connectivity index (χ3v) is 2.41. The highest BCUT2D eigenvalue weighted by Gasteiger charge is 2.10. The van der Waals surface area contributed by atoms with Gasteiger partial charge in [0.05, 0.1) is 6.10 Å². The van der Waals surface area contributed by atoms with Crippen molar-refractivity contribution in [3.63, 3.8) is 0 Å². The Hall–Kier alpha value is -0.340. The van der Waals surface area contributed by atoms with Gasteiger partial charge >= 0.3 is 0 Å². The predicted molar refractivity (Wildman–Crippen MR) is 58.0 cm³/mol. The zero-order valence-electron chi connectivity index (χ0n) is 8.43. The number of hydrogen-bond donors (Lipinski definition) is 1. The first-order chi connectivity index (χ1) is 6.43. The van der Waals surface area contributed by atoms with Gasteiger partial charge in [-0.05, 0) is 38.6 Å². The molecule has 1 rings (SSSR count). The molecule has 1 atom stereocenters. The van der Waals surface area contributed by atoms with Gasteiger partial charge in [0.15, 0.2) is 0 Å². The highest BCUT2D eigenvalue weighted by Crippen LogP contribution is 2.08. The molecule has 1 aliphatic rings. The first kappa shape index (κ1) is 10.7. The monoisotopic (exact) mass is 185 g/mol. The van der Waals surface area contributed by atoms with E-state index in [1.165, 1.54) is 19.3 Å². The lowest BCUT2D eigenvalue weighted by molar-refractivity contribution is 0.0497. The maximum absolute atomic E-state index is 5.75. The van der Waals surface area contributed by atoms with Crippen molar-refractivity contribution in [2.24, 2.45) is 0 Å². The molecule has 0 radical (unpaired) electrons. The Morgan fingerprint density at radius 1 is 1.54 bits per heavy atom. The van der Waals surface area contributed by atoms with Crippen LogP contribution in [-0.2, 0) is 4.74 Å². The summed E-state index contributed by atoms with van der Waals surface area (Å²) in [6, 6.07) is 0. The quantitative estimate of drug-likeness (QED) is 0.524. The SMILES string of the molecule is C=CCCCOC1CCCCNC1.[HH]. The summed E-state index contributed by atoms with van der Waals surface area (Å²) in [5.74, 6) is 0. The molecule has 0 spiro atoms. The van der Waals surface area contributed by atoms with Crippen molar-refractivity contribution in [2.75, 3.05) is 19.7 Å². The van der Waals surface area contributed by atoms with Gasteiger partial charge in [0.1, 0.15) is 0 Å². The van der Waals surface area contributed by atoms with Gasteiger partial charge in [0.2, 0.25) is 0 Å². The molecule has 78 valence electrons. The van der Waals surface area contributed by atoms with Crippen molar-refractivity contribution in [3.05, 3.63) is 12.7 Å². The number of ether oxygens (including phenoxy) is 1. The van der Waals surface area contributed by atoms with E-state index in [0.29, 0.717) is 6.10 Å². The zero-order valence-corrected chi connectivity index (χ0v) is 8.43. The molecule has 2 heteroatoms. The zero-order chi connectivity index (χ0) is 9.36. The van der Waals surface area contributed by atoms with Gasteiger partial charge in [-0.3, -0.25) is 0 Å². The van der Waals surface area contributed by atoms with Crippen LogP contribution in [0.2, 0.25) is 0 Å². The fourth-order valence-electron chi connectivity index (χ4n) is 1.61. The van der Waals surface area contributed by atoms with Crippen LogP contribution in [0.3, 0.4) is 0 Å². The molecule has 0 amide bonds. The first-order valence-corrected chi connectivity index (χ1v) is 5.36. The Morgan fingerprint density at radius 3 is 3.31 bits per heavy atom. The second-order valence-electron chi connectivity index (χ2n) is 3.62. The van der Waals surface area contributed by atoms with E-state index in [4.69, 9.17) is 4.74 Å². The number of nitrogens with one attached hydrogen (secondary N) is 1. The van der Waals surface area contributed by atoms with Crippen LogP contribution in [0.1, 0.15) is 33.5 Å². The molecule has 1 fully saturated rings. The minimum atomic E-state index is 0. The van der Waals surface area contributed by atoms with Crippen LogP contribution in [-0.4, -0.2) is 25.8 Å². The molecule has 1 heterocycles. The van der Waals surface area contributed by atoms with Gasteiger partial charge in [-0.15, -0.1) is 6.58 Å². The topological polar surface area (TPSA) is 21.3 Å². The van der Waals surface area contributed by atoms with Crippen molar-refractivity contribution >= 4 is 0 Å². The van der Waals surface area contributed by atoms with E-state index in [0.717, 1.165) is 32.5 Å². The van der Waals surface area contributed by atoms with Crippen molar-refractivity contribution in [1.82, 2.24) is 5.32 Å². The lowest BCUT2D eigenvalue weighted by atomic mass is 10.2. The molecule has 0 aromatic rings. The Morgan fingerprint density at radius 2 is 2.46 bits per heavy atom. The predicted octanol–water partition coefficient (Wildman–Crippen LogP) is 2.36. The maximum atomic E-state index is 5.75. The van der Waals surface area contributed by atoms with E-state index in [2.05, 4.69) is 11.9 Å². The lowest BCUT2D eigenvalue weighted by Gasteiger charge is -2.14. The van der Waals surface area contributed by atoms with E-state index in [9.17, 15) is 0 Å². The Labute approximate surface area is 82.8 Å². The van der Waals surface area contributed by atoms with Crippen molar-refractivity contribution < 1.29 is 6.16 Å². The minimum absolute atomic E-state index is 0. The van der Waals surface area contributed by atoms with Crippen LogP contribution in [0.25, 0.3) is 0 Å². The molecule has 0 aliphatic carbocycles. The van der Waals surface area contributed by atoms with E-state index in [1.54, 1.807) is 0 Å². The molecule has 1 N–H and O–H groups in total. The van der Waals surface area contributed by atoms with Crippen molar-refractivity contribution in [3.8, 4) is 0 Å². The van der Waals surface area contributed by atoms with Gasteiger partial charge in [-0.2, -0.15) is 0 Å². The van der Waals surface area contributed by atoms with E-state index < -0.39 is 0 Å². The molecular weight excluding hydrogens is 162 g/mol. The normalized spacial score (nSPS) is 23.8. The van der Waals surface area contributed by atoms with E-state index >= 15 is 0 Å². The molecule has 2 nitrogen and oxygen atoms in total. The summed E-state index contributed by atoms with van der Waals surface area (Å²) in [5.41, 5.74) is 0. The van der Waals surface area contributed by atoms with Crippen LogP contribution in [0, 0.1) is 0 Å². The lowest BCUT2D eigenvalue weighted by Crippen LogP contribution is -2.27. The van der Waals surface area contributed by atoms with Gasteiger partial charge < -0.3 is 10.1 Å². The maximum Gasteiger partial charge on any atom is 0.0699 e. The van der Waals surface area contributed by atoms with Gasteiger partial charge in [0.25, 0.3) is 0 Å². The fraction of sp³-hybridized carbons (Fsp3) is 0.818. The largest absolute Gasteiger partial charge is 0.377 e. The summed E-state index contributed by atoms with van der Waals surface area (Å²) in [6.07, 6.45) is 8.41. The minimum Gasteiger partial charge on any atom is -0.377 e. The number of rotatable bonds is 5. The summed E-state index contributed by atoms with van der Waals surface area (Å²) in [5, 5.41) is 3.39. The Bertz CT molecular complexity index is 133. The average Bonchev–Trinajstić information content (AvgIpc) is 2.41. The number of unbranched alkanes of at least 4 members (excludes halogenated alkanes) is 1. The molecule has 0 bridgehead atoms. The average molecular weight is 185 g/mol. The third kappa shape index (κ3) is 5.06. The van der Waals surface area contributed by atoms with E-state index in [1.807, 2.05) is 6.08 Å². The van der Waals surface area contributed by atoms with Gasteiger partial charge in [-0.1, -0.05) is 6.08 Å². The van der Waals surface area contributed by atoms with Gasteiger partial charge in [0, 0.05) is 14.6 Å². The van der Waals surface area contributed by atoms with Crippen molar-refractivity contribution in [1.29, 1.82) is 0 Å². The first-order valence-electron chi connectivity index (χ1n) is 5.36. The standard InChI is InChI=1S/C11H21NO.H2/c1-2-3-6-9-13-11-7-4-5-8-12-10-11;/h2,11-12H,1,3-10H2;1H. The molecule has 1 aliphatic heterocycles. The van der Waals surface area contributed by atoms with Crippen LogP contribution in [0.5, 0.6) is 0 Å². The summed E-state index contributed by atoms with van der Waals surface area (Å²) < 4.78 is 5.75. The molecule has 0 aromatic carbocycles. The van der Waals surface area contributed by atoms with E-state index in [-0.39, 0.29) is 1.43 Å². The third-order valence-electron chi connectivity index (χ3n) is 2.41. The molecule has 0 saturated carbocycles. The fourth-order valence-corrected chi connectivity index (χ4v) is 1.61. The van der Waals surface area contributed by atoms with Crippen LogP contribution >= 0.6 is 0 Å². The smallest absolute Gasteiger partial charge is 0.0699 e. The summed E-state index contributed by atoms with van der Waals surface area (Å²) in [6.45, 7) is 6.77. The Balaban J connectivity index is 0.00000169. The molecule has 13 heavy (non-hydrogen) atoms. The highest BCUT2D eigenvalue weighted by molar-refractivity contribution is 4.68. The summed E-state index contributed by atoms with van der Waals surface area (Å²) in [4.78, 5) is 0. The Kier molecular flexibility index (Phi) is 5.87. The molecule has 1 saturated heterocycles. The summed E-state index contributed by atoms with van der Waals surface area (Å²) in [7, 11) is 0. The number of allylic oxidation sites excluding steroid dienone is 1. The van der Waals surface area contributed by atoms with Crippen LogP contribution in [0.4, 0.5) is 0 Å². The number of hydrogen-bond acceptors (Lipinski definition) is 2.